The zero-order valence-electron chi connectivity index (χ0n) is 12.3. The van der Waals surface area contributed by atoms with E-state index in [-0.39, 0.29) is 23.8 Å². The lowest BCUT2D eigenvalue weighted by molar-refractivity contribution is -0.157. The molecule has 1 saturated heterocycles. The van der Waals surface area contributed by atoms with Crippen molar-refractivity contribution in [1.82, 2.24) is 5.32 Å². The molecule has 0 aliphatic carbocycles. The number of esters is 1. The fourth-order valence-electron chi connectivity index (χ4n) is 2.46. The van der Waals surface area contributed by atoms with Crippen molar-refractivity contribution in [2.24, 2.45) is 0 Å². The topological polar surface area (TPSA) is 58.6 Å². The quantitative estimate of drug-likeness (QED) is 0.833. The molecule has 1 aromatic carbocycles. The van der Waals surface area contributed by atoms with E-state index < -0.39 is 5.60 Å². The minimum absolute atomic E-state index is 0.161. The number of hydrogen-bond acceptors (Lipinski definition) is 4. The fraction of sp³-hybridized carbons (Fsp3) is 0.562. The highest BCUT2D eigenvalue weighted by Crippen LogP contribution is 2.20. The first-order valence-electron chi connectivity index (χ1n) is 7.10. The van der Waals surface area contributed by atoms with Crippen LogP contribution in [0.2, 0.25) is 0 Å². The third kappa shape index (κ3) is 4.23. The van der Waals surface area contributed by atoms with Crippen LogP contribution in [0.5, 0.6) is 5.75 Å². The second kappa shape index (κ2) is 5.83. The maximum Gasteiger partial charge on any atom is 0.323 e. The van der Waals surface area contributed by atoms with Gasteiger partial charge in [-0.3, -0.25) is 4.79 Å². The molecule has 2 unspecified atom stereocenters. The normalized spacial score (nSPS) is 22.8. The standard InChI is InChI=1S/C16H23NO3/c1-16(2,3)20-15(19)14-9-6-12(17-14)10-11-4-7-13(18)8-5-11/h4-5,7-8,12,14,17-18H,6,9-10H2,1-3H3. The van der Waals surface area contributed by atoms with E-state index in [0.717, 1.165) is 24.8 Å². The first-order chi connectivity index (χ1) is 9.33. The summed E-state index contributed by atoms with van der Waals surface area (Å²) >= 11 is 0. The number of rotatable bonds is 3. The molecule has 4 heteroatoms. The van der Waals surface area contributed by atoms with Gasteiger partial charge in [0.2, 0.25) is 0 Å². The average Bonchev–Trinajstić information content (AvgIpc) is 2.79. The molecule has 4 nitrogen and oxygen atoms in total. The first-order valence-corrected chi connectivity index (χ1v) is 7.10. The Morgan fingerprint density at radius 2 is 1.95 bits per heavy atom. The van der Waals surface area contributed by atoms with Gasteiger partial charge in [0.25, 0.3) is 0 Å². The number of hydrogen-bond donors (Lipinski definition) is 2. The Morgan fingerprint density at radius 1 is 1.30 bits per heavy atom. The van der Waals surface area contributed by atoms with Crippen LogP contribution in [0.25, 0.3) is 0 Å². The number of nitrogens with one attached hydrogen (secondary N) is 1. The second-order valence-corrected chi connectivity index (χ2v) is 6.40. The van der Waals surface area contributed by atoms with Gasteiger partial charge in [-0.25, -0.2) is 0 Å². The summed E-state index contributed by atoms with van der Waals surface area (Å²) in [4.78, 5) is 12.0. The molecule has 0 radical (unpaired) electrons. The maximum atomic E-state index is 12.0. The molecule has 2 rings (SSSR count). The van der Waals surface area contributed by atoms with Gasteiger partial charge in [0.1, 0.15) is 17.4 Å². The van der Waals surface area contributed by atoms with Crippen molar-refractivity contribution in [1.29, 1.82) is 0 Å². The lowest BCUT2D eigenvalue weighted by atomic mass is 10.0. The van der Waals surface area contributed by atoms with E-state index in [1.54, 1.807) is 12.1 Å². The third-order valence-electron chi connectivity index (χ3n) is 3.35. The predicted molar refractivity (Wildman–Crippen MR) is 77.6 cm³/mol. The Hall–Kier alpha value is -1.55. The molecule has 2 N–H and O–H groups in total. The molecule has 20 heavy (non-hydrogen) atoms. The van der Waals surface area contributed by atoms with Crippen LogP contribution >= 0.6 is 0 Å². The second-order valence-electron chi connectivity index (χ2n) is 6.40. The highest BCUT2D eigenvalue weighted by molar-refractivity contribution is 5.76. The molecule has 1 heterocycles. The molecular weight excluding hydrogens is 254 g/mol. The molecule has 0 spiro atoms. The molecule has 1 aliphatic rings. The maximum absolute atomic E-state index is 12.0. The van der Waals surface area contributed by atoms with Crippen LogP contribution in [0, 0.1) is 0 Å². The van der Waals surface area contributed by atoms with Gasteiger partial charge in [-0.05, 0) is 57.7 Å². The Balaban J connectivity index is 1.86. The van der Waals surface area contributed by atoms with Crippen molar-refractivity contribution in [2.45, 2.75) is 57.7 Å². The summed E-state index contributed by atoms with van der Waals surface area (Å²) in [5, 5.41) is 12.6. The summed E-state index contributed by atoms with van der Waals surface area (Å²) < 4.78 is 5.40. The lowest BCUT2D eigenvalue weighted by Gasteiger charge is -2.22. The van der Waals surface area contributed by atoms with Gasteiger partial charge in [-0.15, -0.1) is 0 Å². The van der Waals surface area contributed by atoms with Gasteiger partial charge in [-0.1, -0.05) is 12.1 Å². The minimum atomic E-state index is -0.437. The van der Waals surface area contributed by atoms with Crippen molar-refractivity contribution in [3.05, 3.63) is 29.8 Å². The number of ether oxygens (including phenoxy) is 1. The predicted octanol–water partition coefficient (Wildman–Crippen LogP) is 2.40. The van der Waals surface area contributed by atoms with E-state index >= 15 is 0 Å². The number of phenolic OH excluding ortho intramolecular Hbond substituents is 1. The van der Waals surface area contributed by atoms with Crippen LogP contribution in [0.15, 0.2) is 24.3 Å². The van der Waals surface area contributed by atoms with E-state index in [1.807, 2.05) is 32.9 Å². The number of aromatic hydroxyl groups is 1. The largest absolute Gasteiger partial charge is 0.508 e. The molecule has 0 amide bonds. The number of benzene rings is 1. The SMILES string of the molecule is CC(C)(C)OC(=O)C1CCC(Cc2ccc(O)cc2)N1. The summed E-state index contributed by atoms with van der Waals surface area (Å²) in [6.45, 7) is 5.65. The van der Waals surface area contributed by atoms with E-state index in [1.165, 1.54) is 0 Å². The van der Waals surface area contributed by atoms with Crippen LogP contribution in [0.4, 0.5) is 0 Å². The molecule has 1 fully saturated rings. The fourth-order valence-corrected chi connectivity index (χ4v) is 2.46. The summed E-state index contributed by atoms with van der Waals surface area (Å²) in [7, 11) is 0. The molecule has 0 saturated carbocycles. The van der Waals surface area contributed by atoms with Gasteiger partial charge in [0.15, 0.2) is 0 Å². The van der Waals surface area contributed by atoms with Crippen LogP contribution in [-0.4, -0.2) is 28.8 Å². The first kappa shape index (κ1) is 14.9. The van der Waals surface area contributed by atoms with Crippen LogP contribution in [-0.2, 0) is 16.0 Å². The average molecular weight is 277 g/mol. The summed E-state index contributed by atoms with van der Waals surface area (Å²) in [6, 6.07) is 7.30. The van der Waals surface area contributed by atoms with E-state index in [2.05, 4.69) is 5.32 Å². The molecule has 1 aliphatic heterocycles. The van der Waals surface area contributed by atoms with Crippen molar-refractivity contribution in [3.63, 3.8) is 0 Å². The Bertz CT molecular complexity index is 462. The van der Waals surface area contributed by atoms with Crippen LogP contribution in [0.1, 0.15) is 39.2 Å². The lowest BCUT2D eigenvalue weighted by Crippen LogP contribution is -2.40. The summed E-state index contributed by atoms with van der Waals surface area (Å²) in [5.74, 6) is 0.116. The van der Waals surface area contributed by atoms with Gasteiger partial charge in [0, 0.05) is 6.04 Å². The number of carbonyl (C=O) groups excluding carboxylic acids is 1. The summed E-state index contributed by atoms with van der Waals surface area (Å²) in [6.07, 6.45) is 2.64. The highest BCUT2D eigenvalue weighted by Gasteiger charge is 2.32. The molecular formula is C16H23NO3. The molecule has 110 valence electrons. The number of carbonyl (C=O) groups is 1. The Morgan fingerprint density at radius 3 is 2.55 bits per heavy atom. The third-order valence-corrected chi connectivity index (χ3v) is 3.35. The van der Waals surface area contributed by atoms with Gasteiger partial charge >= 0.3 is 5.97 Å². The van der Waals surface area contributed by atoms with E-state index in [4.69, 9.17) is 4.74 Å². The number of phenols is 1. The van der Waals surface area contributed by atoms with Crippen molar-refractivity contribution in [2.75, 3.05) is 0 Å². The smallest absolute Gasteiger partial charge is 0.323 e. The van der Waals surface area contributed by atoms with Crippen molar-refractivity contribution < 1.29 is 14.6 Å². The monoisotopic (exact) mass is 277 g/mol. The van der Waals surface area contributed by atoms with Crippen molar-refractivity contribution >= 4 is 5.97 Å². The summed E-state index contributed by atoms with van der Waals surface area (Å²) in [5.41, 5.74) is 0.721. The highest BCUT2D eigenvalue weighted by atomic mass is 16.6. The van der Waals surface area contributed by atoms with Crippen LogP contribution in [0.3, 0.4) is 0 Å². The molecule has 0 aromatic heterocycles. The molecule has 0 bridgehead atoms. The van der Waals surface area contributed by atoms with E-state index in [9.17, 15) is 9.90 Å². The zero-order valence-corrected chi connectivity index (χ0v) is 12.3. The van der Waals surface area contributed by atoms with Gasteiger partial charge < -0.3 is 15.2 Å². The Kier molecular flexibility index (Phi) is 4.33. The zero-order chi connectivity index (χ0) is 14.8. The van der Waals surface area contributed by atoms with Crippen LogP contribution < -0.4 is 5.32 Å². The molecule has 2 atom stereocenters. The van der Waals surface area contributed by atoms with Gasteiger partial charge in [0.05, 0.1) is 0 Å². The Labute approximate surface area is 120 Å². The van der Waals surface area contributed by atoms with Crippen molar-refractivity contribution in [3.8, 4) is 5.75 Å². The van der Waals surface area contributed by atoms with E-state index in [0.29, 0.717) is 0 Å². The van der Waals surface area contributed by atoms with Gasteiger partial charge in [-0.2, -0.15) is 0 Å². The minimum Gasteiger partial charge on any atom is -0.508 e. The molecule has 1 aromatic rings.